The minimum absolute atomic E-state index is 0.435. The van der Waals surface area contributed by atoms with Gasteiger partial charge in [-0.25, -0.2) is 0 Å². The number of nitrogens with zero attached hydrogens (tertiary/aromatic N) is 1. The topological polar surface area (TPSA) is 30.9 Å². The molecule has 1 atom stereocenters. The van der Waals surface area contributed by atoms with Crippen molar-refractivity contribution in [2.24, 2.45) is 0 Å². The summed E-state index contributed by atoms with van der Waals surface area (Å²) < 4.78 is 15.5. The molecule has 0 saturated heterocycles. The normalized spacial score (nSPS) is 14.1. The van der Waals surface area contributed by atoms with E-state index in [4.69, 9.17) is 13.3 Å². The van der Waals surface area contributed by atoms with Crippen LogP contribution in [-0.2, 0) is 13.3 Å². The molecule has 0 amide bonds. The molecular weight excluding hydrogens is 186 g/mol. The van der Waals surface area contributed by atoms with Gasteiger partial charge in [0.15, 0.2) is 0 Å². The van der Waals surface area contributed by atoms with E-state index in [0.29, 0.717) is 12.6 Å². The third kappa shape index (κ3) is 5.38. The molecule has 79 valence electrons. The van der Waals surface area contributed by atoms with Gasteiger partial charge in [-0.1, -0.05) is 6.92 Å². The molecule has 1 unspecified atom stereocenters. The number of rotatable bonds is 7. The molecule has 4 nitrogen and oxygen atoms in total. The highest BCUT2D eigenvalue weighted by atomic mass is 28.3. The van der Waals surface area contributed by atoms with Crippen LogP contribution in [-0.4, -0.2) is 55.4 Å². The third-order valence-corrected chi connectivity index (χ3v) is 3.00. The van der Waals surface area contributed by atoms with E-state index < -0.39 is 9.53 Å². The SMILES string of the molecule is CCC(CO[Si](OC)OC)N(C)C. The Morgan fingerprint density at radius 3 is 2.08 bits per heavy atom. The van der Waals surface area contributed by atoms with Crippen LogP contribution in [0.1, 0.15) is 13.3 Å². The molecule has 0 aliphatic rings. The molecule has 0 aliphatic heterocycles. The van der Waals surface area contributed by atoms with Crippen molar-refractivity contribution >= 4 is 9.53 Å². The molecule has 0 aromatic heterocycles. The van der Waals surface area contributed by atoms with Crippen LogP contribution < -0.4 is 0 Å². The van der Waals surface area contributed by atoms with E-state index in [0.717, 1.165) is 6.42 Å². The molecular formula is C8H20NO3Si. The van der Waals surface area contributed by atoms with Crippen molar-refractivity contribution in [1.29, 1.82) is 0 Å². The molecule has 0 rings (SSSR count). The highest BCUT2D eigenvalue weighted by Gasteiger charge is 2.18. The molecule has 0 N–H and O–H groups in total. The fraction of sp³-hybridized carbons (Fsp3) is 1.00. The molecule has 0 saturated carbocycles. The van der Waals surface area contributed by atoms with E-state index in [1.165, 1.54) is 0 Å². The Morgan fingerprint density at radius 1 is 1.23 bits per heavy atom. The van der Waals surface area contributed by atoms with Gasteiger partial charge >= 0.3 is 9.53 Å². The fourth-order valence-corrected chi connectivity index (χ4v) is 1.73. The molecule has 0 spiro atoms. The highest BCUT2D eigenvalue weighted by Crippen LogP contribution is 2.01. The predicted molar refractivity (Wildman–Crippen MR) is 53.5 cm³/mol. The van der Waals surface area contributed by atoms with Gasteiger partial charge in [0.1, 0.15) is 0 Å². The van der Waals surface area contributed by atoms with Crippen LogP contribution in [0, 0.1) is 0 Å². The summed E-state index contributed by atoms with van der Waals surface area (Å²) in [5.41, 5.74) is 0. The van der Waals surface area contributed by atoms with Crippen LogP contribution in [0.15, 0.2) is 0 Å². The van der Waals surface area contributed by atoms with Crippen LogP contribution in [0.3, 0.4) is 0 Å². The summed E-state index contributed by atoms with van der Waals surface area (Å²) in [4.78, 5) is 2.14. The van der Waals surface area contributed by atoms with Crippen LogP contribution >= 0.6 is 0 Å². The lowest BCUT2D eigenvalue weighted by Gasteiger charge is -2.23. The standard InChI is InChI=1S/C8H20NO3Si/c1-6-8(9(2)3)7-12-13(10-4)11-5/h8H,6-7H2,1-5H3. The second-order valence-corrected chi connectivity index (χ2v) is 4.60. The molecule has 13 heavy (non-hydrogen) atoms. The van der Waals surface area contributed by atoms with Crippen LogP contribution in [0.2, 0.25) is 0 Å². The molecule has 0 fully saturated rings. The number of hydrogen-bond acceptors (Lipinski definition) is 4. The van der Waals surface area contributed by atoms with Crippen molar-refractivity contribution < 1.29 is 13.3 Å². The van der Waals surface area contributed by atoms with E-state index in [-0.39, 0.29) is 0 Å². The van der Waals surface area contributed by atoms with Gasteiger partial charge in [0.05, 0.1) is 6.61 Å². The summed E-state index contributed by atoms with van der Waals surface area (Å²) in [5, 5.41) is 0. The van der Waals surface area contributed by atoms with Gasteiger partial charge < -0.3 is 18.2 Å². The van der Waals surface area contributed by atoms with Gasteiger partial charge in [0.25, 0.3) is 0 Å². The maximum absolute atomic E-state index is 5.47. The fourth-order valence-electron chi connectivity index (χ4n) is 0.997. The van der Waals surface area contributed by atoms with E-state index in [9.17, 15) is 0 Å². The number of hydrogen-bond donors (Lipinski definition) is 0. The summed E-state index contributed by atoms with van der Waals surface area (Å²) in [7, 11) is 5.81. The lowest BCUT2D eigenvalue weighted by atomic mass is 10.2. The van der Waals surface area contributed by atoms with Crippen molar-refractivity contribution in [3.05, 3.63) is 0 Å². The Kier molecular flexibility index (Phi) is 7.49. The van der Waals surface area contributed by atoms with E-state index in [2.05, 4.69) is 11.8 Å². The van der Waals surface area contributed by atoms with E-state index >= 15 is 0 Å². The molecule has 0 bridgehead atoms. The van der Waals surface area contributed by atoms with Crippen LogP contribution in [0.5, 0.6) is 0 Å². The Morgan fingerprint density at radius 2 is 1.77 bits per heavy atom. The van der Waals surface area contributed by atoms with Gasteiger partial charge in [-0.15, -0.1) is 0 Å². The van der Waals surface area contributed by atoms with Gasteiger partial charge in [-0.3, -0.25) is 0 Å². The van der Waals surface area contributed by atoms with Gasteiger partial charge in [0, 0.05) is 20.3 Å². The first-order valence-electron chi connectivity index (χ1n) is 4.39. The largest absolute Gasteiger partial charge is 0.577 e. The summed E-state index contributed by atoms with van der Waals surface area (Å²) in [6.45, 7) is 2.81. The van der Waals surface area contributed by atoms with Gasteiger partial charge in [-0.2, -0.15) is 0 Å². The minimum Gasteiger partial charge on any atom is -0.375 e. The van der Waals surface area contributed by atoms with Crippen molar-refractivity contribution in [3.8, 4) is 0 Å². The second kappa shape index (κ2) is 7.46. The molecule has 0 aliphatic carbocycles. The Bertz CT molecular complexity index is 120. The molecule has 1 radical (unpaired) electrons. The third-order valence-electron chi connectivity index (χ3n) is 1.93. The first-order valence-corrected chi connectivity index (χ1v) is 5.62. The van der Waals surface area contributed by atoms with Crippen molar-refractivity contribution in [2.45, 2.75) is 19.4 Å². The zero-order valence-corrected chi connectivity index (χ0v) is 10.2. The minimum atomic E-state index is -1.49. The predicted octanol–water partition coefficient (Wildman–Crippen LogP) is 0.621. The molecule has 0 heterocycles. The Balaban J connectivity index is 3.69. The zero-order chi connectivity index (χ0) is 10.3. The van der Waals surface area contributed by atoms with Crippen molar-refractivity contribution in [3.63, 3.8) is 0 Å². The lowest BCUT2D eigenvalue weighted by Crippen LogP contribution is -2.36. The molecule has 0 aromatic carbocycles. The first kappa shape index (κ1) is 13.1. The average Bonchev–Trinajstić information content (AvgIpc) is 2.12. The second-order valence-electron chi connectivity index (χ2n) is 2.99. The molecule has 5 heteroatoms. The van der Waals surface area contributed by atoms with E-state index in [1.54, 1.807) is 14.2 Å². The highest BCUT2D eigenvalue weighted by molar-refractivity contribution is 6.36. The number of likely N-dealkylation sites (N-methyl/N-ethyl adjacent to an activating group) is 1. The van der Waals surface area contributed by atoms with Crippen molar-refractivity contribution in [1.82, 2.24) is 4.90 Å². The van der Waals surface area contributed by atoms with Crippen LogP contribution in [0.4, 0.5) is 0 Å². The van der Waals surface area contributed by atoms with Crippen LogP contribution in [0.25, 0.3) is 0 Å². The van der Waals surface area contributed by atoms with Crippen molar-refractivity contribution in [2.75, 3.05) is 34.9 Å². The zero-order valence-electron chi connectivity index (χ0n) is 9.16. The summed E-state index contributed by atoms with van der Waals surface area (Å²) in [6, 6.07) is 0.435. The molecule has 0 aromatic rings. The average molecular weight is 206 g/mol. The summed E-state index contributed by atoms with van der Waals surface area (Å²) >= 11 is 0. The quantitative estimate of drug-likeness (QED) is 0.571. The first-order chi connectivity index (χ1) is 6.15. The maximum Gasteiger partial charge on any atom is 0.577 e. The Hall–Kier alpha value is 0.0569. The van der Waals surface area contributed by atoms with Gasteiger partial charge in [0.2, 0.25) is 0 Å². The summed E-state index contributed by atoms with van der Waals surface area (Å²) in [5.74, 6) is 0. The smallest absolute Gasteiger partial charge is 0.375 e. The lowest BCUT2D eigenvalue weighted by molar-refractivity contribution is 0.0987. The summed E-state index contributed by atoms with van der Waals surface area (Å²) in [6.07, 6.45) is 1.07. The van der Waals surface area contributed by atoms with Gasteiger partial charge in [-0.05, 0) is 20.5 Å². The maximum atomic E-state index is 5.47. The van der Waals surface area contributed by atoms with E-state index in [1.807, 2.05) is 14.1 Å². The monoisotopic (exact) mass is 206 g/mol. The Labute approximate surface area is 82.7 Å².